The smallest absolute Gasteiger partial charge is 0.0968 e. The summed E-state index contributed by atoms with van der Waals surface area (Å²) in [6.07, 6.45) is 0. The molecule has 0 amide bonds. The Morgan fingerprint density at radius 1 is 0.882 bits per heavy atom. The van der Waals surface area contributed by atoms with Crippen molar-refractivity contribution >= 4 is 37.7 Å². The van der Waals surface area contributed by atoms with Crippen molar-refractivity contribution in [3.63, 3.8) is 0 Å². The Labute approximate surface area is 108 Å². The number of fused-ring (bicyclic) bond motifs is 3. The first-order chi connectivity index (χ1) is 8.28. The minimum atomic E-state index is 0.769. The average Bonchev–Trinajstić information content (AvgIpc) is 2.38. The van der Waals surface area contributed by atoms with Gasteiger partial charge in [-0.2, -0.15) is 0 Å². The molecule has 0 aliphatic rings. The van der Waals surface area contributed by atoms with Gasteiger partial charge in [0.15, 0.2) is 0 Å². The van der Waals surface area contributed by atoms with Crippen molar-refractivity contribution in [3.05, 3.63) is 47.8 Å². The van der Waals surface area contributed by atoms with Gasteiger partial charge in [-0.05, 0) is 19.1 Å². The first-order valence-electron chi connectivity index (χ1n) is 5.50. The molecular weight excluding hydrogens is 276 g/mol. The topological polar surface area (TPSA) is 25.8 Å². The molecule has 0 saturated heterocycles. The van der Waals surface area contributed by atoms with Crippen LogP contribution in [0.2, 0.25) is 0 Å². The van der Waals surface area contributed by atoms with E-state index >= 15 is 0 Å². The summed E-state index contributed by atoms with van der Waals surface area (Å²) in [5.41, 5.74) is 4.04. The summed E-state index contributed by atoms with van der Waals surface area (Å²) in [5, 5.41) is 3.05. The zero-order chi connectivity index (χ0) is 11.8. The van der Waals surface area contributed by atoms with Crippen LogP contribution in [0.1, 0.15) is 11.4 Å². The van der Waals surface area contributed by atoms with Gasteiger partial charge in [0.25, 0.3) is 0 Å². The molecule has 3 rings (SSSR count). The van der Waals surface area contributed by atoms with Gasteiger partial charge in [0.2, 0.25) is 0 Å². The summed E-state index contributed by atoms with van der Waals surface area (Å²) in [5.74, 6) is 0. The zero-order valence-corrected chi connectivity index (χ0v) is 11.0. The third-order valence-corrected chi connectivity index (χ3v) is 3.43. The molecule has 2 nitrogen and oxygen atoms in total. The third kappa shape index (κ3) is 1.80. The lowest BCUT2D eigenvalue weighted by atomic mass is 10.1. The first-order valence-corrected chi connectivity index (χ1v) is 6.62. The fourth-order valence-corrected chi connectivity index (χ4v) is 2.29. The van der Waals surface area contributed by atoms with Gasteiger partial charge in [0, 0.05) is 21.8 Å². The average molecular weight is 287 g/mol. The summed E-state index contributed by atoms with van der Waals surface area (Å²) in [7, 11) is 0. The van der Waals surface area contributed by atoms with E-state index in [9.17, 15) is 0 Å². The third-order valence-electron chi connectivity index (χ3n) is 2.85. The number of aromatic nitrogens is 2. The Morgan fingerprint density at radius 2 is 1.47 bits per heavy atom. The Morgan fingerprint density at radius 3 is 2.18 bits per heavy atom. The summed E-state index contributed by atoms with van der Waals surface area (Å²) < 4.78 is 0. The van der Waals surface area contributed by atoms with Crippen molar-refractivity contribution in [1.29, 1.82) is 0 Å². The van der Waals surface area contributed by atoms with Gasteiger partial charge in [0.05, 0.1) is 16.7 Å². The predicted octanol–water partition coefficient (Wildman–Crippen LogP) is 3.99. The predicted molar refractivity (Wildman–Crippen MR) is 74.4 cm³/mol. The van der Waals surface area contributed by atoms with Gasteiger partial charge in [-0.25, -0.2) is 4.98 Å². The highest BCUT2D eigenvalue weighted by atomic mass is 79.9. The number of aryl methyl sites for hydroxylation is 1. The Kier molecular flexibility index (Phi) is 2.56. The highest BCUT2D eigenvalue weighted by Gasteiger charge is 2.04. The molecule has 1 aromatic carbocycles. The molecule has 2 heterocycles. The molecule has 0 N–H and O–H groups in total. The van der Waals surface area contributed by atoms with Crippen LogP contribution in [0.3, 0.4) is 0 Å². The van der Waals surface area contributed by atoms with Crippen molar-refractivity contribution in [3.8, 4) is 0 Å². The molecule has 0 aliphatic carbocycles. The maximum atomic E-state index is 4.65. The van der Waals surface area contributed by atoms with Crippen LogP contribution in [-0.4, -0.2) is 9.97 Å². The van der Waals surface area contributed by atoms with E-state index in [0.29, 0.717) is 0 Å². The van der Waals surface area contributed by atoms with E-state index in [0.717, 1.165) is 38.5 Å². The fraction of sp³-hybridized carbons (Fsp3) is 0.143. The standard InChI is InChI=1S/C14H11BrN2/c1-9-2-3-10-4-5-11-6-7-12(8-15)17-14(11)13(10)16-9/h2-7H,8H2,1H3. The molecule has 84 valence electrons. The summed E-state index contributed by atoms with van der Waals surface area (Å²) >= 11 is 3.44. The van der Waals surface area contributed by atoms with Crippen LogP contribution in [0.25, 0.3) is 21.8 Å². The van der Waals surface area contributed by atoms with Crippen molar-refractivity contribution in [2.24, 2.45) is 0 Å². The molecule has 0 radical (unpaired) electrons. The van der Waals surface area contributed by atoms with Gasteiger partial charge in [-0.3, -0.25) is 4.98 Å². The summed E-state index contributed by atoms with van der Waals surface area (Å²) in [6.45, 7) is 2.01. The normalized spacial score (nSPS) is 11.2. The number of halogens is 1. The number of hydrogen-bond acceptors (Lipinski definition) is 2. The molecule has 3 aromatic rings. The Hall–Kier alpha value is -1.48. The molecule has 0 fully saturated rings. The minimum absolute atomic E-state index is 0.769. The van der Waals surface area contributed by atoms with E-state index in [4.69, 9.17) is 0 Å². The lowest BCUT2D eigenvalue weighted by Crippen LogP contribution is -1.90. The number of nitrogens with zero attached hydrogens (tertiary/aromatic N) is 2. The SMILES string of the molecule is Cc1ccc2ccc3ccc(CBr)nc3c2n1. The molecular formula is C14H11BrN2. The zero-order valence-electron chi connectivity index (χ0n) is 9.44. The van der Waals surface area contributed by atoms with Gasteiger partial charge < -0.3 is 0 Å². The second-order valence-corrected chi connectivity index (χ2v) is 4.66. The summed E-state index contributed by atoms with van der Waals surface area (Å²) in [6, 6.07) is 12.5. The maximum absolute atomic E-state index is 4.65. The van der Waals surface area contributed by atoms with Gasteiger partial charge in [0.1, 0.15) is 0 Å². The Bertz CT molecular complexity index is 707. The van der Waals surface area contributed by atoms with Gasteiger partial charge in [-0.1, -0.05) is 40.2 Å². The number of hydrogen-bond donors (Lipinski definition) is 0. The number of benzene rings is 1. The molecule has 17 heavy (non-hydrogen) atoms. The van der Waals surface area contributed by atoms with Gasteiger partial charge in [-0.15, -0.1) is 0 Å². The second kappa shape index (κ2) is 4.08. The molecule has 0 aliphatic heterocycles. The largest absolute Gasteiger partial charge is 0.251 e. The van der Waals surface area contributed by atoms with Crippen LogP contribution >= 0.6 is 15.9 Å². The Balaban J connectivity index is 2.47. The van der Waals surface area contributed by atoms with Crippen LogP contribution in [0.5, 0.6) is 0 Å². The van der Waals surface area contributed by atoms with Crippen LogP contribution < -0.4 is 0 Å². The van der Waals surface area contributed by atoms with Crippen LogP contribution in [-0.2, 0) is 5.33 Å². The fourth-order valence-electron chi connectivity index (χ4n) is 1.98. The van der Waals surface area contributed by atoms with E-state index in [2.05, 4.69) is 50.2 Å². The second-order valence-electron chi connectivity index (χ2n) is 4.10. The number of pyridine rings is 2. The van der Waals surface area contributed by atoms with E-state index in [1.165, 1.54) is 0 Å². The van der Waals surface area contributed by atoms with Crippen molar-refractivity contribution < 1.29 is 0 Å². The van der Waals surface area contributed by atoms with E-state index in [1.807, 2.05) is 19.1 Å². The first kappa shape index (κ1) is 10.7. The molecule has 2 aromatic heterocycles. The minimum Gasteiger partial charge on any atom is -0.251 e. The van der Waals surface area contributed by atoms with Crippen molar-refractivity contribution in [1.82, 2.24) is 9.97 Å². The van der Waals surface area contributed by atoms with Gasteiger partial charge >= 0.3 is 0 Å². The van der Waals surface area contributed by atoms with E-state index in [-0.39, 0.29) is 0 Å². The number of alkyl halides is 1. The molecule has 0 atom stereocenters. The molecule has 0 spiro atoms. The van der Waals surface area contributed by atoms with Crippen molar-refractivity contribution in [2.75, 3.05) is 0 Å². The molecule has 0 unspecified atom stereocenters. The van der Waals surface area contributed by atoms with E-state index in [1.54, 1.807) is 0 Å². The lowest BCUT2D eigenvalue weighted by Gasteiger charge is -2.04. The van der Waals surface area contributed by atoms with Crippen LogP contribution in [0, 0.1) is 6.92 Å². The lowest BCUT2D eigenvalue weighted by molar-refractivity contribution is 1.22. The monoisotopic (exact) mass is 286 g/mol. The summed E-state index contributed by atoms with van der Waals surface area (Å²) in [4.78, 5) is 9.25. The highest BCUT2D eigenvalue weighted by Crippen LogP contribution is 2.23. The molecule has 0 bridgehead atoms. The number of rotatable bonds is 1. The molecule has 0 saturated carbocycles. The van der Waals surface area contributed by atoms with Crippen LogP contribution in [0.4, 0.5) is 0 Å². The van der Waals surface area contributed by atoms with Crippen molar-refractivity contribution in [2.45, 2.75) is 12.3 Å². The quantitative estimate of drug-likeness (QED) is 0.499. The van der Waals surface area contributed by atoms with E-state index < -0.39 is 0 Å². The highest BCUT2D eigenvalue weighted by molar-refractivity contribution is 9.08. The van der Waals surface area contributed by atoms with Crippen LogP contribution in [0.15, 0.2) is 36.4 Å². The maximum Gasteiger partial charge on any atom is 0.0968 e. The molecule has 3 heteroatoms.